The molecule has 0 saturated carbocycles. The highest BCUT2D eigenvalue weighted by Crippen LogP contribution is 2.32. The van der Waals surface area contributed by atoms with E-state index in [1.165, 1.54) is 0 Å². The summed E-state index contributed by atoms with van der Waals surface area (Å²) < 4.78 is 7.17. The molecule has 16 heavy (non-hydrogen) atoms. The van der Waals surface area contributed by atoms with Crippen molar-refractivity contribution >= 4 is 23.3 Å². The molecule has 1 atom stereocenters. The number of hydrogen-bond acceptors (Lipinski definition) is 2. The molecule has 0 saturated heterocycles. The molecule has 0 N–H and O–H groups in total. The van der Waals surface area contributed by atoms with Gasteiger partial charge in [0.2, 0.25) is 0 Å². The summed E-state index contributed by atoms with van der Waals surface area (Å²) in [5, 5.41) is 1.10. The first kappa shape index (κ1) is 11.2. The largest absolute Gasteiger partial charge is 0.375 e. The van der Waals surface area contributed by atoms with Gasteiger partial charge in [-0.3, -0.25) is 4.79 Å². The number of methoxy groups -OCH3 is 1. The van der Waals surface area contributed by atoms with Crippen molar-refractivity contribution in [2.75, 3.05) is 7.11 Å². The van der Waals surface area contributed by atoms with Crippen molar-refractivity contribution < 1.29 is 4.74 Å². The molecule has 84 valence electrons. The quantitative estimate of drug-likeness (QED) is 0.761. The van der Waals surface area contributed by atoms with Gasteiger partial charge >= 0.3 is 0 Å². The van der Waals surface area contributed by atoms with Crippen LogP contribution < -0.4 is 5.56 Å². The van der Waals surface area contributed by atoms with Gasteiger partial charge in [0.05, 0.1) is 12.1 Å². The van der Waals surface area contributed by atoms with Crippen LogP contribution in [0.3, 0.4) is 0 Å². The van der Waals surface area contributed by atoms with Gasteiger partial charge in [-0.2, -0.15) is 0 Å². The Balaban J connectivity index is 0.000000963. The predicted molar refractivity (Wildman–Crippen MR) is 65.2 cm³/mol. The van der Waals surface area contributed by atoms with E-state index in [4.69, 9.17) is 4.74 Å². The highest BCUT2D eigenvalue weighted by atomic mass is 35.5. The summed E-state index contributed by atoms with van der Waals surface area (Å²) in [4.78, 5) is 11.7. The van der Waals surface area contributed by atoms with Gasteiger partial charge in [0, 0.05) is 18.7 Å². The van der Waals surface area contributed by atoms with E-state index in [0.717, 1.165) is 16.5 Å². The maximum Gasteiger partial charge on any atom is 0.251 e. The summed E-state index contributed by atoms with van der Waals surface area (Å²) in [6.45, 7) is 0.631. The van der Waals surface area contributed by atoms with Gasteiger partial charge in [-0.1, -0.05) is 18.2 Å². The third kappa shape index (κ3) is 1.36. The predicted octanol–water partition coefficient (Wildman–Crippen LogP) is 2.12. The Morgan fingerprint density at radius 2 is 2.12 bits per heavy atom. The molecule has 1 aliphatic heterocycles. The zero-order valence-corrected chi connectivity index (χ0v) is 9.66. The molecule has 0 amide bonds. The fourth-order valence-electron chi connectivity index (χ4n) is 2.29. The van der Waals surface area contributed by atoms with E-state index < -0.39 is 0 Å². The van der Waals surface area contributed by atoms with Crippen molar-refractivity contribution in [1.82, 2.24) is 4.57 Å². The van der Waals surface area contributed by atoms with Crippen molar-refractivity contribution in [1.29, 1.82) is 0 Å². The molecule has 3 nitrogen and oxygen atoms in total. The zero-order valence-electron chi connectivity index (χ0n) is 8.84. The third-order valence-electron chi connectivity index (χ3n) is 3.02. The monoisotopic (exact) mass is 237 g/mol. The van der Waals surface area contributed by atoms with Crippen LogP contribution in [0.25, 0.3) is 10.9 Å². The van der Waals surface area contributed by atoms with Crippen LogP contribution in [-0.4, -0.2) is 11.7 Å². The highest BCUT2D eigenvalue weighted by Gasteiger charge is 2.24. The van der Waals surface area contributed by atoms with E-state index in [0.29, 0.717) is 6.54 Å². The molecule has 4 heteroatoms. The first-order valence-corrected chi connectivity index (χ1v) is 4.96. The summed E-state index contributed by atoms with van der Waals surface area (Å²) in [7, 11) is 1.68. The van der Waals surface area contributed by atoms with Crippen LogP contribution in [0.1, 0.15) is 11.7 Å². The Hall–Kier alpha value is -1.32. The van der Waals surface area contributed by atoms with Gasteiger partial charge in [-0.05, 0) is 11.5 Å². The maximum atomic E-state index is 11.7. The lowest BCUT2D eigenvalue weighted by molar-refractivity contribution is 0.0969. The molecule has 0 aliphatic carbocycles. The Morgan fingerprint density at radius 1 is 1.31 bits per heavy atom. The molecule has 1 aromatic heterocycles. The normalized spacial score (nSPS) is 17.4. The Bertz CT molecular complexity index is 591. The Morgan fingerprint density at radius 3 is 2.88 bits per heavy atom. The molecular formula is C12H12ClNO2. The molecule has 2 heterocycles. The number of pyridine rings is 1. The van der Waals surface area contributed by atoms with E-state index in [9.17, 15) is 4.79 Å². The van der Waals surface area contributed by atoms with Crippen molar-refractivity contribution in [3.63, 3.8) is 0 Å². The third-order valence-corrected chi connectivity index (χ3v) is 3.02. The minimum Gasteiger partial charge on any atom is -0.375 e. The van der Waals surface area contributed by atoms with Crippen molar-refractivity contribution in [3.05, 3.63) is 46.2 Å². The van der Waals surface area contributed by atoms with Crippen molar-refractivity contribution in [2.45, 2.75) is 12.6 Å². The van der Waals surface area contributed by atoms with Crippen LogP contribution >= 0.6 is 12.4 Å². The molecule has 0 bridgehead atoms. The summed E-state index contributed by atoms with van der Waals surface area (Å²) in [5.74, 6) is 0. The van der Waals surface area contributed by atoms with E-state index >= 15 is 0 Å². The lowest BCUT2D eigenvalue weighted by Crippen LogP contribution is -2.17. The fraction of sp³-hybridized carbons (Fsp3) is 0.250. The molecule has 0 radical (unpaired) electrons. The fourth-order valence-corrected chi connectivity index (χ4v) is 2.29. The SMILES string of the molecule is COC1Cn2c(=O)ccc3cccc1c32.Cl. The number of ether oxygens (including phenoxy) is 1. The van der Waals surface area contributed by atoms with Crippen LogP contribution in [0, 0.1) is 0 Å². The van der Waals surface area contributed by atoms with Gasteiger partial charge in [-0.25, -0.2) is 0 Å². The van der Waals surface area contributed by atoms with Gasteiger partial charge < -0.3 is 9.30 Å². The van der Waals surface area contributed by atoms with Crippen LogP contribution in [0.15, 0.2) is 35.1 Å². The van der Waals surface area contributed by atoms with Gasteiger partial charge in [-0.15, -0.1) is 12.4 Å². The van der Waals surface area contributed by atoms with Crippen LogP contribution in [-0.2, 0) is 11.3 Å². The van der Waals surface area contributed by atoms with E-state index in [1.54, 1.807) is 17.7 Å². The molecule has 1 unspecified atom stereocenters. The van der Waals surface area contributed by atoms with Gasteiger partial charge in [0.15, 0.2) is 0 Å². The standard InChI is InChI=1S/C12H11NO2.ClH/c1-15-10-7-13-11(14)6-5-8-3-2-4-9(10)12(8)13;/h2-6,10H,7H2,1H3;1H. The van der Waals surface area contributed by atoms with E-state index in [2.05, 4.69) is 0 Å². The summed E-state index contributed by atoms with van der Waals surface area (Å²) in [6, 6.07) is 9.54. The molecule has 0 spiro atoms. The Labute approximate surface area is 99.1 Å². The van der Waals surface area contributed by atoms with Gasteiger partial charge in [0.1, 0.15) is 6.10 Å². The minimum atomic E-state index is 0. The van der Waals surface area contributed by atoms with Crippen LogP contribution in [0.2, 0.25) is 0 Å². The smallest absolute Gasteiger partial charge is 0.251 e. The topological polar surface area (TPSA) is 31.2 Å². The van der Waals surface area contributed by atoms with Crippen molar-refractivity contribution in [3.8, 4) is 0 Å². The molecule has 1 aromatic carbocycles. The number of aromatic nitrogens is 1. The van der Waals surface area contributed by atoms with E-state index in [1.807, 2.05) is 24.3 Å². The number of nitrogens with zero attached hydrogens (tertiary/aromatic N) is 1. The number of para-hydroxylation sites is 1. The molecule has 1 aliphatic rings. The number of benzene rings is 1. The first-order valence-electron chi connectivity index (χ1n) is 4.96. The second kappa shape index (κ2) is 3.92. The summed E-state index contributed by atoms with van der Waals surface area (Å²) in [5.41, 5.74) is 2.19. The lowest BCUT2D eigenvalue weighted by Gasteiger charge is -2.06. The maximum absolute atomic E-state index is 11.7. The van der Waals surface area contributed by atoms with Crippen LogP contribution in [0.5, 0.6) is 0 Å². The van der Waals surface area contributed by atoms with Crippen LogP contribution in [0.4, 0.5) is 0 Å². The highest BCUT2D eigenvalue weighted by molar-refractivity contribution is 5.85. The molecular weight excluding hydrogens is 226 g/mol. The first-order chi connectivity index (χ1) is 7.31. The summed E-state index contributed by atoms with van der Waals surface area (Å²) >= 11 is 0. The van der Waals surface area contributed by atoms with Crippen molar-refractivity contribution in [2.24, 2.45) is 0 Å². The molecule has 0 fully saturated rings. The lowest BCUT2D eigenvalue weighted by atomic mass is 10.1. The Kier molecular flexibility index (Phi) is 2.74. The second-order valence-electron chi connectivity index (χ2n) is 3.79. The van der Waals surface area contributed by atoms with E-state index in [-0.39, 0.29) is 24.1 Å². The molecule has 3 rings (SSSR count). The average molecular weight is 238 g/mol. The average Bonchev–Trinajstić information content (AvgIpc) is 2.65. The van der Waals surface area contributed by atoms with Gasteiger partial charge in [0.25, 0.3) is 5.56 Å². The minimum absolute atomic E-state index is 0. The number of rotatable bonds is 1. The second-order valence-corrected chi connectivity index (χ2v) is 3.79. The number of hydrogen-bond donors (Lipinski definition) is 0. The zero-order chi connectivity index (χ0) is 10.4. The number of halogens is 1. The molecule has 2 aromatic rings. The summed E-state index contributed by atoms with van der Waals surface area (Å²) in [6.07, 6.45) is 0.0174.